The molecule has 1 fully saturated rings. The molecular formula is C17H30N4. The van der Waals surface area contributed by atoms with E-state index in [9.17, 15) is 0 Å². The highest BCUT2D eigenvalue weighted by Crippen LogP contribution is 2.23. The molecule has 1 aromatic heterocycles. The van der Waals surface area contributed by atoms with Gasteiger partial charge >= 0.3 is 0 Å². The maximum Gasteiger partial charge on any atom is 0.131 e. The molecule has 1 saturated heterocycles. The van der Waals surface area contributed by atoms with Gasteiger partial charge in [0.25, 0.3) is 0 Å². The van der Waals surface area contributed by atoms with Crippen molar-refractivity contribution in [1.82, 2.24) is 15.2 Å². The van der Waals surface area contributed by atoms with Gasteiger partial charge in [-0.15, -0.1) is 0 Å². The van der Waals surface area contributed by atoms with Crippen LogP contribution in [0.2, 0.25) is 0 Å². The molecule has 21 heavy (non-hydrogen) atoms. The molecule has 0 atom stereocenters. The molecular weight excluding hydrogens is 260 g/mol. The smallest absolute Gasteiger partial charge is 0.131 e. The molecule has 2 rings (SSSR count). The molecule has 0 aromatic carbocycles. The highest BCUT2D eigenvalue weighted by molar-refractivity contribution is 5.47. The average molecular weight is 290 g/mol. The maximum absolute atomic E-state index is 4.72. The van der Waals surface area contributed by atoms with Crippen LogP contribution in [-0.2, 0) is 6.54 Å². The molecule has 1 N–H and O–H groups in total. The van der Waals surface area contributed by atoms with Crippen molar-refractivity contribution >= 4 is 5.82 Å². The highest BCUT2D eigenvalue weighted by Gasteiger charge is 2.22. The van der Waals surface area contributed by atoms with E-state index in [1.807, 2.05) is 6.20 Å². The predicted molar refractivity (Wildman–Crippen MR) is 89.9 cm³/mol. The van der Waals surface area contributed by atoms with Gasteiger partial charge in [0.05, 0.1) is 0 Å². The fourth-order valence-corrected chi connectivity index (χ4v) is 2.97. The Morgan fingerprint density at radius 2 is 2.00 bits per heavy atom. The Hall–Kier alpha value is -1.13. The Morgan fingerprint density at radius 3 is 2.52 bits per heavy atom. The molecule has 0 bridgehead atoms. The van der Waals surface area contributed by atoms with Crippen LogP contribution in [-0.4, -0.2) is 49.2 Å². The van der Waals surface area contributed by atoms with Crippen molar-refractivity contribution in [3.05, 3.63) is 23.4 Å². The minimum Gasteiger partial charge on any atom is -0.356 e. The van der Waals surface area contributed by atoms with Crippen LogP contribution in [0.1, 0.15) is 37.8 Å². The van der Waals surface area contributed by atoms with E-state index in [4.69, 9.17) is 4.98 Å². The first-order chi connectivity index (χ1) is 9.97. The zero-order valence-electron chi connectivity index (χ0n) is 14.2. The van der Waals surface area contributed by atoms with Gasteiger partial charge in [-0.2, -0.15) is 0 Å². The van der Waals surface area contributed by atoms with Crippen LogP contribution in [0.15, 0.2) is 12.3 Å². The summed E-state index contributed by atoms with van der Waals surface area (Å²) < 4.78 is 0. The fraction of sp³-hybridized carbons (Fsp3) is 0.706. The SMILES string of the molecule is Cc1cc(CNC(C)C)cnc1N1CCC(N(C)C)CC1. The summed E-state index contributed by atoms with van der Waals surface area (Å²) in [6.45, 7) is 9.64. The molecule has 1 aromatic rings. The van der Waals surface area contributed by atoms with E-state index in [0.717, 1.165) is 25.7 Å². The predicted octanol–water partition coefficient (Wildman–Crippen LogP) is 2.42. The van der Waals surface area contributed by atoms with Crippen molar-refractivity contribution in [1.29, 1.82) is 0 Å². The summed E-state index contributed by atoms with van der Waals surface area (Å²) in [4.78, 5) is 9.51. The summed E-state index contributed by atoms with van der Waals surface area (Å²) >= 11 is 0. The Labute approximate surface area is 129 Å². The van der Waals surface area contributed by atoms with Gasteiger partial charge in [-0.3, -0.25) is 0 Å². The number of aryl methyl sites for hydroxylation is 1. The summed E-state index contributed by atoms with van der Waals surface area (Å²) in [7, 11) is 4.36. The highest BCUT2D eigenvalue weighted by atomic mass is 15.2. The van der Waals surface area contributed by atoms with Crippen LogP contribution in [0.5, 0.6) is 0 Å². The van der Waals surface area contributed by atoms with Crippen molar-refractivity contribution in [2.24, 2.45) is 0 Å². The van der Waals surface area contributed by atoms with Crippen LogP contribution >= 0.6 is 0 Å². The monoisotopic (exact) mass is 290 g/mol. The van der Waals surface area contributed by atoms with E-state index >= 15 is 0 Å². The standard InChI is InChI=1S/C17H30N4/c1-13(2)18-11-15-10-14(3)17(19-12-15)21-8-6-16(7-9-21)20(4)5/h10,12-13,16,18H,6-9,11H2,1-5H3. The number of piperidine rings is 1. The van der Waals surface area contributed by atoms with Gasteiger partial charge in [-0.05, 0) is 51.1 Å². The van der Waals surface area contributed by atoms with Gasteiger partial charge in [-0.1, -0.05) is 13.8 Å². The topological polar surface area (TPSA) is 31.4 Å². The van der Waals surface area contributed by atoms with Crippen molar-refractivity contribution in [3.63, 3.8) is 0 Å². The number of nitrogens with one attached hydrogen (secondary N) is 1. The van der Waals surface area contributed by atoms with Gasteiger partial charge in [0, 0.05) is 37.9 Å². The lowest BCUT2D eigenvalue weighted by atomic mass is 10.0. The van der Waals surface area contributed by atoms with E-state index in [0.29, 0.717) is 6.04 Å². The van der Waals surface area contributed by atoms with Gasteiger partial charge in [0.15, 0.2) is 0 Å². The molecule has 0 amide bonds. The van der Waals surface area contributed by atoms with Crippen molar-refractivity contribution in [2.45, 2.75) is 52.2 Å². The molecule has 4 heteroatoms. The maximum atomic E-state index is 4.72. The van der Waals surface area contributed by atoms with Crippen LogP contribution in [0.25, 0.3) is 0 Å². The third-order valence-electron chi connectivity index (χ3n) is 4.32. The Bertz CT molecular complexity index is 448. The second-order valence-corrected chi connectivity index (χ2v) is 6.70. The lowest BCUT2D eigenvalue weighted by molar-refractivity contribution is 0.249. The first-order valence-corrected chi connectivity index (χ1v) is 8.07. The molecule has 118 valence electrons. The van der Waals surface area contributed by atoms with E-state index < -0.39 is 0 Å². The van der Waals surface area contributed by atoms with Crippen LogP contribution < -0.4 is 10.2 Å². The summed E-state index contributed by atoms with van der Waals surface area (Å²) in [5.74, 6) is 1.17. The second-order valence-electron chi connectivity index (χ2n) is 6.70. The molecule has 0 aliphatic carbocycles. The lowest BCUT2D eigenvalue weighted by Gasteiger charge is -2.36. The molecule has 2 heterocycles. The zero-order chi connectivity index (χ0) is 15.4. The third kappa shape index (κ3) is 4.42. The number of rotatable bonds is 5. The largest absolute Gasteiger partial charge is 0.356 e. The normalized spacial score (nSPS) is 17.0. The number of nitrogens with zero attached hydrogens (tertiary/aromatic N) is 3. The van der Waals surface area contributed by atoms with E-state index in [2.05, 4.69) is 56.0 Å². The van der Waals surface area contributed by atoms with Crippen LogP contribution in [0.3, 0.4) is 0 Å². The van der Waals surface area contributed by atoms with Crippen molar-refractivity contribution < 1.29 is 0 Å². The third-order valence-corrected chi connectivity index (χ3v) is 4.32. The number of hydrogen-bond donors (Lipinski definition) is 1. The molecule has 1 aliphatic heterocycles. The lowest BCUT2D eigenvalue weighted by Crippen LogP contribution is -2.42. The fourth-order valence-electron chi connectivity index (χ4n) is 2.97. The van der Waals surface area contributed by atoms with Gasteiger partial charge in [-0.25, -0.2) is 4.98 Å². The number of aromatic nitrogens is 1. The zero-order valence-corrected chi connectivity index (χ0v) is 14.2. The summed E-state index contributed by atoms with van der Waals surface area (Å²) in [6, 6.07) is 3.50. The number of pyridine rings is 1. The van der Waals surface area contributed by atoms with Crippen molar-refractivity contribution in [2.75, 3.05) is 32.1 Å². The summed E-state index contributed by atoms with van der Waals surface area (Å²) in [5, 5.41) is 3.45. The van der Waals surface area contributed by atoms with E-state index in [1.165, 1.54) is 29.8 Å². The molecule has 4 nitrogen and oxygen atoms in total. The molecule has 0 radical (unpaired) electrons. The minimum absolute atomic E-state index is 0.509. The van der Waals surface area contributed by atoms with Crippen LogP contribution in [0, 0.1) is 6.92 Å². The second kappa shape index (κ2) is 7.23. The average Bonchev–Trinajstić information content (AvgIpc) is 2.45. The first kappa shape index (κ1) is 16.2. The van der Waals surface area contributed by atoms with E-state index in [-0.39, 0.29) is 0 Å². The van der Waals surface area contributed by atoms with Crippen LogP contribution in [0.4, 0.5) is 5.82 Å². The number of anilines is 1. The molecule has 0 spiro atoms. The Kier molecular flexibility index (Phi) is 5.59. The van der Waals surface area contributed by atoms with Gasteiger partial charge in [0.1, 0.15) is 5.82 Å². The number of hydrogen-bond acceptors (Lipinski definition) is 4. The Balaban J connectivity index is 1.98. The molecule has 0 unspecified atom stereocenters. The van der Waals surface area contributed by atoms with Gasteiger partial charge in [0.2, 0.25) is 0 Å². The van der Waals surface area contributed by atoms with E-state index in [1.54, 1.807) is 0 Å². The minimum atomic E-state index is 0.509. The van der Waals surface area contributed by atoms with Gasteiger partial charge < -0.3 is 15.1 Å². The molecule has 1 aliphatic rings. The summed E-state index contributed by atoms with van der Waals surface area (Å²) in [6.07, 6.45) is 4.48. The molecule has 0 saturated carbocycles. The quantitative estimate of drug-likeness (QED) is 0.902. The first-order valence-electron chi connectivity index (χ1n) is 8.07. The van der Waals surface area contributed by atoms with Crippen molar-refractivity contribution in [3.8, 4) is 0 Å². The summed E-state index contributed by atoms with van der Waals surface area (Å²) in [5.41, 5.74) is 2.56. The Morgan fingerprint density at radius 1 is 1.33 bits per heavy atom.